The van der Waals surface area contributed by atoms with Crippen LogP contribution in [-0.4, -0.2) is 23.8 Å². The zero-order valence-corrected chi connectivity index (χ0v) is 14.8. The van der Waals surface area contributed by atoms with Gasteiger partial charge in [0.15, 0.2) is 11.5 Å². The van der Waals surface area contributed by atoms with E-state index in [0.29, 0.717) is 26.9 Å². The lowest BCUT2D eigenvalue weighted by atomic mass is 9.93. The van der Waals surface area contributed by atoms with Crippen molar-refractivity contribution in [2.24, 2.45) is 5.92 Å². The quantitative estimate of drug-likeness (QED) is 0.808. The Bertz CT molecular complexity index is 885. The number of hydrogen-bond donors (Lipinski definition) is 1. The van der Waals surface area contributed by atoms with Gasteiger partial charge in [0.1, 0.15) is 5.75 Å². The minimum atomic E-state index is -0.964. The van der Waals surface area contributed by atoms with Gasteiger partial charge in [0.25, 0.3) is 0 Å². The number of carbonyl (C=O) groups is 2. The fourth-order valence-corrected chi connectivity index (χ4v) is 3.14. The molecule has 1 aliphatic rings. The second-order valence-corrected chi connectivity index (χ2v) is 6.50. The van der Waals surface area contributed by atoms with E-state index < -0.39 is 23.2 Å². The molecule has 0 saturated heterocycles. The van der Waals surface area contributed by atoms with E-state index in [1.165, 1.54) is 7.11 Å². The molecule has 6 heteroatoms. The number of hydrogen-bond acceptors (Lipinski definition) is 4. The standard InChI is InChI=1S/C19H14Cl2O4/c1-25-12-5-3-11(4-6-12)16-17(22)13(18(23)19(16)24)8-10-2-7-14(20)15(21)9-10/h2-7,9,13,24H,8H2,1H3. The van der Waals surface area contributed by atoms with E-state index in [2.05, 4.69) is 0 Å². The largest absolute Gasteiger partial charge is 0.504 e. The number of methoxy groups -OCH3 is 1. The summed E-state index contributed by atoms with van der Waals surface area (Å²) in [4.78, 5) is 25.1. The van der Waals surface area contributed by atoms with Gasteiger partial charge in [0, 0.05) is 0 Å². The number of aliphatic hydroxyl groups excluding tert-OH is 1. The molecule has 1 unspecified atom stereocenters. The summed E-state index contributed by atoms with van der Waals surface area (Å²) in [7, 11) is 1.53. The zero-order valence-electron chi connectivity index (χ0n) is 13.3. The van der Waals surface area contributed by atoms with Crippen molar-refractivity contribution in [1.29, 1.82) is 0 Å². The second-order valence-electron chi connectivity index (χ2n) is 5.69. The minimum absolute atomic E-state index is 0.0395. The summed E-state index contributed by atoms with van der Waals surface area (Å²) in [6.07, 6.45) is 0.151. The van der Waals surface area contributed by atoms with Gasteiger partial charge < -0.3 is 9.84 Å². The molecule has 25 heavy (non-hydrogen) atoms. The molecule has 0 aromatic heterocycles. The van der Waals surface area contributed by atoms with E-state index in [-0.39, 0.29) is 12.0 Å². The molecule has 0 saturated carbocycles. The fraction of sp³-hybridized carbons (Fsp3) is 0.158. The Morgan fingerprint density at radius 2 is 1.68 bits per heavy atom. The van der Waals surface area contributed by atoms with Gasteiger partial charge in [-0.1, -0.05) is 41.4 Å². The van der Waals surface area contributed by atoms with E-state index in [9.17, 15) is 14.7 Å². The van der Waals surface area contributed by atoms with Crippen LogP contribution in [-0.2, 0) is 16.0 Å². The molecule has 3 rings (SSSR count). The Morgan fingerprint density at radius 1 is 1.00 bits per heavy atom. The van der Waals surface area contributed by atoms with Crippen LogP contribution in [0, 0.1) is 5.92 Å². The summed E-state index contributed by atoms with van der Waals surface area (Å²) in [6.45, 7) is 0. The summed E-state index contributed by atoms with van der Waals surface area (Å²) >= 11 is 11.9. The predicted molar refractivity (Wildman–Crippen MR) is 96.2 cm³/mol. The first kappa shape index (κ1) is 17.5. The highest BCUT2D eigenvalue weighted by molar-refractivity contribution is 6.42. The molecule has 0 aliphatic heterocycles. The van der Waals surface area contributed by atoms with Crippen LogP contribution < -0.4 is 4.74 Å². The molecular weight excluding hydrogens is 363 g/mol. The maximum absolute atomic E-state index is 12.7. The number of ether oxygens (including phenoxy) is 1. The lowest BCUT2D eigenvalue weighted by molar-refractivity contribution is -0.126. The van der Waals surface area contributed by atoms with Gasteiger partial charge in [-0.05, 0) is 41.8 Å². The predicted octanol–water partition coefficient (Wildman–Crippen LogP) is 4.28. The number of halogens is 2. The lowest BCUT2D eigenvalue weighted by Crippen LogP contribution is -2.20. The van der Waals surface area contributed by atoms with Crippen molar-refractivity contribution in [3.63, 3.8) is 0 Å². The molecule has 0 fully saturated rings. The number of benzene rings is 2. The van der Waals surface area contributed by atoms with E-state index in [4.69, 9.17) is 27.9 Å². The first-order chi connectivity index (χ1) is 11.9. The van der Waals surface area contributed by atoms with Gasteiger partial charge in [-0.3, -0.25) is 9.59 Å². The SMILES string of the molecule is COc1ccc(C2=C(O)C(=O)C(Cc3ccc(Cl)c(Cl)c3)C2=O)cc1. The van der Waals surface area contributed by atoms with Crippen molar-refractivity contribution < 1.29 is 19.4 Å². The van der Waals surface area contributed by atoms with Gasteiger partial charge >= 0.3 is 0 Å². The van der Waals surface area contributed by atoms with Crippen LogP contribution in [0.3, 0.4) is 0 Å². The Morgan fingerprint density at radius 3 is 2.28 bits per heavy atom. The van der Waals surface area contributed by atoms with Crippen molar-refractivity contribution >= 4 is 40.3 Å². The molecule has 2 aromatic carbocycles. The van der Waals surface area contributed by atoms with Crippen molar-refractivity contribution in [3.05, 3.63) is 69.4 Å². The summed E-state index contributed by atoms with van der Waals surface area (Å²) < 4.78 is 5.07. The lowest BCUT2D eigenvalue weighted by Gasteiger charge is -2.09. The molecular formula is C19H14Cl2O4. The Labute approximate surface area is 154 Å². The summed E-state index contributed by atoms with van der Waals surface area (Å²) in [6, 6.07) is 11.5. The van der Waals surface area contributed by atoms with Crippen molar-refractivity contribution in [2.45, 2.75) is 6.42 Å². The number of rotatable bonds is 4. The zero-order chi connectivity index (χ0) is 18.1. The van der Waals surface area contributed by atoms with Crippen LogP contribution in [0.4, 0.5) is 0 Å². The van der Waals surface area contributed by atoms with Crippen LogP contribution in [0.1, 0.15) is 11.1 Å². The molecule has 1 atom stereocenters. The monoisotopic (exact) mass is 376 g/mol. The Kier molecular flexibility index (Phi) is 4.84. The molecule has 0 radical (unpaired) electrons. The smallest absolute Gasteiger partial charge is 0.209 e. The van der Waals surface area contributed by atoms with E-state index in [1.54, 1.807) is 42.5 Å². The number of aliphatic hydroxyl groups is 1. The highest BCUT2D eigenvalue weighted by Crippen LogP contribution is 2.34. The molecule has 0 heterocycles. The van der Waals surface area contributed by atoms with Crippen LogP contribution in [0.15, 0.2) is 48.2 Å². The van der Waals surface area contributed by atoms with Gasteiger partial charge in [0.05, 0.1) is 28.6 Å². The Hall–Kier alpha value is -2.30. The third-order valence-electron chi connectivity index (χ3n) is 4.15. The van der Waals surface area contributed by atoms with Gasteiger partial charge in [-0.2, -0.15) is 0 Å². The van der Waals surface area contributed by atoms with E-state index in [1.807, 2.05) is 0 Å². The maximum Gasteiger partial charge on any atom is 0.209 e. The number of carbonyl (C=O) groups excluding carboxylic acids is 2. The highest BCUT2D eigenvalue weighted by Gasteiger charge is 2.41. The topological polar surface area (TPSA) is 63.6 Å². The van der Waals surface area contributed by atoms with Gasteiger partial charge in [0.2, 0.25) is 5.78 Å². The third-order valence-corrected chi connectivity index (χ3v) is 4.89. The van der Waals surface area contributed by atoms with Crippen LogP contribution >= 0.6 is 23.2 Å². The third kappa shape index (κ3) is 3.28. The summed E-state index contributed by atoms with van der Waals surface area (Å²) in [5, 5.41) is 10.9. The highest BCUT2D eigenvalue weighted by atomic mass is 35.5. The molecule has 1 aliphatic carbocycles. The van der Waals surface area contributed by atoms with Crippen LogP contribution in [0.2, 0.25) is 10.0 Å². The average molecular weight is 377 g/mol. The minimum Gasteiger partial charge on any atom is -0.504 e. The molecule has 128 valence electrons. The summed E-state index contributed by atoms with van der Waals surface area (Å²) in [5.74, 6) is -1.83. The molecule has 0 amide bonds. The first-order valence-corrected chi connectivity index (χ1v) is 8.28. The first-order valence-electron chi connectivity index (χ1n) is 7.52. The number of ketones is 2. The fourth-order valence-electron chi connectivity index (χ4n) is 2.82. The second kappa shape index (κ2) is 6.90. The van der Waals surface area contributed by atoms with E-state index >= 15 is 0 Å². The average Bonchev–Trinajstić information content (AvgIpc) is 2.82. The Balaban J connectivity index is 1.88. The normalized spacial score (nSPS) is 17.3. The van der Waals surface area contributed by atoms with Crippen LogP contribution in [0.5, 0.6) is 5.75 Å². The molecule has 4 nitrogen and oxygen atoms in total. The molecule has 0 spiro atoms. The molecule has 1 N–H and O–H groups in total. The molecule has 2 aromatic rings. The van der Waals surface area contributed by atoms with Crippen LogP contribution in [0.25, 0.3) is 5.57 Å². The maximum atomic E-state index is 12.7. The molecule has 0 bridgehead atoms. The van der Waals surface area contributed by atoms with Crippen molar-refractivity contribution in [2.75, 3.05) is 7.11 Å². The number of allylic oxidation sites excluding steroid dienone is 2. The number of Topliss-reactive ketones (excluding diaryl/α,β-unsaturated/α-hetero) is 2. The van der Waals surface area contributed by atoms with E-state index in [0.717, 1.165) is 0 Å². The van der Waals surface area contributed by atoms with Gasteiger partial charge in [-0.25, -0.2) is 0 Å². The van der Waals surface area contributed by atoms with Gasteiger partial charge in [-0.15, -0.1) is 0 Å². The van der Waals surface area contributed by atoms with Crippen molar-refractivity contribution in [1.82, 2.24) is 0 Å². The summed E-state index contributed by atoms with van der Waals surface area (Å²) in [5.41, 5.74) is 1.22. The van der Waals surface area contributed by atoms with Crippen molar-refractivity contribution in [3.8, 4) is 5.75 Å².